The van der Waals surface area contributed by atoms with Gasteiger partial charge in [-0.25, -0.2) is 0 Å². The predicted octanol–water partition coefficient (Wildman–Crippen LogP) is 4.17. The lowest BCUT2D eigenvalue weighted by molar-refractivity contribution is 0.248. The molecule has 2 rings (SSSR count). The Balaban J connectivity index is 2.17. The van der Waals surface area contributed by atoms with Gasteiger partial charge in [0.2, 0.25) is 0 Å². The highest BCUT2D eigenvalue weighted by Crippen LogP contribution is 2.65. The van der Waals surface area contributed by atoms with Crippen molar-refractivity contribution in [2.24, 2.45) is 16.7 Å². The van der Waals surface area contributed by atoms with Crippen LogP contribution in [0, 0.1) is 16.7 Å². The summed E-state index contributed by atoms with van der Waals surface area (Å²) < 4.78 is 0. The van der Waals surface area contributed by atoms with Crippen molar-refractivity contribution in [2.75, 3.05) is 0 Å². The Kier molecular flexibility index (Phi) is 2.96. The Morgan fingerprint density at radius 3 is 2.21 bits per heavy atom. The van der Waals surface area contributed by atoms with Gasteiger partial charge in [0, 0.05) is 11.6 Å². The molecule has 1 aliphatic carbocycles. The molecule has 0 bridgehead atoms. The number of hydrogen-bond acceptors (Lipinski definition) is 2. The average molecular weight is 265 g/mol. The lowest BCUT2D eigenvalue weighted by Crippen LogP contribution is -2.24. The minimum atomic E-state index is -0.143. The highest BCUT2D eigenvalue weighted by molar-refractivity contribution is 5.39. The van der Waals surface area contributed by atoms with Crippen molar-refractivity contribution in [3.63, 3.8) is 0 Å². The van der Waals surface area contributed by atoms with Crippen molar-refractivity contribution in [3.05, 3.63) is 11.6 Å². The molecular weight excluding hydrogens is 238 g/mol. The first-order valence-electron chi connectivity index (χ1n) is 7.07. The molecule has 0 aliphatic heterocycles. The van der Waals surface area contributed by atoms with Crippen molar-refractivity contribution in [1.82, 2.24) is 4.98 Å². The molecule has 0 aromatic carbocycles. The predicted molar refractivity (Wildman–Crippen MR) is 77.4 cm³/mol. The zero-order valence-electron chi connectivity index (χ0n) is 13.0. The van der Waals surface area contributed by atoms with Gasteiger partial charge in [-0.05, 0) is 35.0 Å². The standard InChI is InChI=1S/C16H27NO2/c1-14(2,3)11-8-16(11,6)9-15(4,5)10-7-12(18)17-13(10)19/h7,11,17-19H,8-9H2,1-6H3. The van der Waals surface area contributed by atoms with Crippen molar-refractivity contribution in [3.8, 4) is 11.8 Å². The van der Waals surface area contributed by atoms with Crippen LogP contribution in [0.25, 0.3) is 0 Å². The maximum absolute atomic E-state index is 9.89. The first-order chi connectivity index (χ1) is 8.46. The highest BCUT2D eigenvalue weighted by atomic mass is 16.3. The van der Waals surface area contributed by atoms with Crippen LogP contribution in [0.3, 0.4) is 0 Å². The van der Waals surface area contributed by atoms with Gasteiger partial charge in [0.05, 0.1) is 0 Å². The van der Waals surface area contributed by atoms with Crippen LogP contribution < -0.4 is 0 Å². The van der Waals surface area contributed by atoms with E-state index >= 15 is 0 Å². The zero-order valence-corrected chi connectivity index (χ0v) is 13.0. The third kappa shape index (κ3) is 2.60. The number of aromatic nitrogens is 1. The zero-order chi connectivity index (χ0) is 14.6. The summed E-state index contributed by atoms with van der Waals surface area (Å²) in [4.78, 5) is 2.57. The third-order valence-corrected chi connectivity index (χ3v) is 4.75. The van der Waals surface area contributed by atoms with E-state index in [0.717, 1.165) is 17.9 Å². The van der Waals surface area contributed by atoms with Crippen LogP contribution in [-0.2, 0) is 5.41 Å². The van der Waals surface area contributed by atoms with Crippen molar-refractivity contribution in [1.29, 1.82) is 0 Å². The SMILES string of the molecule is CC(C)(CC1(C)CC1C(C)(C)C)c1cc(O)[nH]c1O. The lowest BCUT2D eigenvalue weighted by Gasteiger charge is -2.31. The molecule has 0 saturated heterocycles. The van der Waals surface area contributed by atoms with E-state index in [-0.39, 0.29) is 17.2 Å². The normalized spacial score (nSPS) is 27.6. The van der Waals surface area contributed by atoms with Crippen LogP contribution in [-0.4, -0.2) is 15.2 Å². The summed E-state index contributed by atoms with van der Waals surface area (Å²) in [6.07, 6.45) is 2.27. The van der Waals surface area contributed by atoms with Gasteiger partial charge in [-0.15, -0.1) is 0 Å². The Morgan fingerprint density at radius 2 is 1.84 bits per heavy atom. The van der Waals surface area contributed by atoms with Crippen molar-refractivity contribution >= 4 is 0 Å². The van der Waals surface area contributed by atoms with Gasteiger partial charge in [0.1, 0.15) is 0 Å². The van der Waals surface area contributed by atoms with E-state index in [9.17, 15) is 10.2 Å². The second kappa shape index (κ2) is 3.94. The Hall–Kier alpha value is -1.12. The molecule has 3 heteroatoms. The first kappa shape index (κ1) is 14.3. The molecule has 1 aromatic rings. The summed E-state index contributed by atoms with van der Waals surface area (Å²) in [6, 6.07) is 1.65. The number of H-pyrrole nitrogens is 1. The van der Waals surface area contributed by atoms with E-state index in [1.54, 1.807) is 6.07 Å². The quantitative estimate of drug-likeness (QED) is 0.768. The van der Waals surface area contributed by atoms with E-state index in [0.29, 0.717) is 10.8 Å². The van der Waals surface area contributed by atoms with Crippen LogP contribution in [0.15, 0.2) is 6.07 Å². The molecule has 0 amide bonds. The van der Waals surface area contributed by atoms with Gasteiger partial charge in [0.15, 0.2) is 11.8 Å². The molecule has 0 radical (unpaired) electrons. The number of rotatable bonds is 3. The van der Waals surface area contributed by atoms with E-state index in [4.69, 9.17) is 0 Å². The lowest BCUT2D eigenvalue weighted by atomic mass is 9.74. The van der Waals surface area contributed by atoms with Crippen LogP contribution in [0.2, 0.25) is 0 Å². The average Bonchev–Trinajstić information content (AvgIpc) is 2.72. The van der Waals surface area contributed by atoms with E-state index in [1.165, 1.54) is 6.42 Å². The van der Waals surface area contributed by atoms with Crippen molar-refractivity contribution < 1.29 is 10.2 Å². The Bertz CT molecular complexity index is 481. The van der Waals surface area contributed by atoms with E-state index < -0.39 is 0 Å². The second-order valence-electron chi connectivity index (χ2n) is 8.25. The molecule has 1 aliphatic rings. The van der Waals surface area contributed by atoms with Gasteiger partial charge < -0.3 is 10.2 Å². The summed E-state index contributed by atoms with van der Waals surface area (Å²) in [5, 5.41) is 19.4. The van der Waals surface area contributed by atoms with Crippen LogP contribution in [0.1, 0.15) is 59.9 Å². The minimum Gasteiger partial charge on any atom is -0.495 e. The topological polar surface area (TPSA) is 56.2 Å². The molecule has 0 spiro atoms. The largest absolute Gasteiger partial charge is 0.495 e. The van der Waals surface area contributed by atoms with Gasteiger partial charge in [-0.2, -0.15) is 0 Å². The Morgan fingerprint density at radius 1 is 1.26 bits per heavy atom. The smallest absolute Gasteiger partial charge is 0.195 e. The fraction of sp³-hybridized carbons (Fsp3) is 0.750. The van der Waals surface area contributed by atoms with Gasteiger partial charge in [-0.3, -0.25) is 4.98 Å². The summed E-state index contributed by atoms with van der Waals surface area (Å²) in [6.45, 7) is 13.5. The molecule has 108 valence electrons. The van der Waals surface area contributed by atoms with Gasteiger partial charge in [-0.1, -0.05) is 41.5 Å². The molecule has 1 saturated carbocycles. The third-order valence-electron chi connectivity index (χ3n) is 4.75. The van der Waals surface area contributed by atoms with Gasteiger partial charge in [0.25, 0.3) is 0 Å². The molecule has 3 N–H and O–H groups in total. The maximum atomic E-state index is 9.89. The first-order valence-corrected chi connectivity index (χ1v) is 7.07. The second-order valence-corrected chi connectivity index (χ2v) is 8.25. The molecular formula is C16H27NO2. The summed E-state index contributed by atoms with van der Waals surface area (Å²) in [5.41, 5.74) is 1.34. The summed E-state index contributed by atoms with van der Waals surface area (Å²) >= 11 is 0. The minimum absolute atomic E-state index is 0.0360. The fourth-order valence-corrected chi connectivity index (χ4v) is 4.00. The highest BCUT2D eigenvalue weighted by Gasteiger charge is 2.57. The van der Waals surface area contributed by atoms with Crippen LogP contribution in [0.5, 0.6) is 11.8 Å². The fourth-order valence-electron chi connectivity index (χ4n) is 4.00. The van der Waals surface area contributed by atoms with Gasteiger partial charge >= 0.3 is 0 Å². The maximum Gasteiger partial charge on any atom is 0.195 e. The molecule has 2 atom stereocenters. The Labute approximate surface area is 116 Å². The summed E-state index contributed by atoms with van der Waals surface area (Å²) in [7, 11) is 0. The molecule has 1 heterocycles. The number of nitrogens with one attached hydrogen (secondary N) is 1. The van der Waals surface area contributed by atoms with Crippen molar-refractivity contribution in [2.45, 2.75) is 59.8 Å². The van der Waals surface area contributed by atoms with E-state index in [2.05, 4.69) is 46.5 Å². The molecule has 19 heavy (non-hydrogen) atoms. The van der Waals surface area contributed by atoms with E-state index in [1.807, 2.05) is 0 Å². The number of hydrogen-bond donors (Lipinski definition) is 3. The number of aromatic hydroxyl groups is 2. The molecule has 3 nitrogen and oxygen atoms in total. The summed E-state index contributed by atoms with van der Waals surface area (Å²) in [5.74, 6) is 0.863. The van der Waals surface area contributed by atoms with Crippen LogP contribution >= 0.6 is 0 Å². The molecule has 2 unspecified atom stereocenters. The molecule has 1 aromatic heterocycles. The number of aromatic amines is 1. The van der Waals surface area contributed by atoms with Crippen LogP contribution in [0.4, 0.5) is 0 Å². The monoisotopic (exact) mass is 265 g/mol. The molecule has 1 fully saturated rings.